The van der Waals surface area contributed by atoms with Crippen molar-refractivity contribution in [2.45, 2.75) is 6.42 Å². The van der Waals surface area contributed by atoms with Crippen LogP contribution in [0.4, 0.5) is 10.3 Å². The summed E-state index contributed by atoms with van der Waals surface area (Å²) < 4.78 is 0. The average molecular weight is 303 g/mol. The highest BCUT2D eigenvalue weighted by Gasteiger charge is 2.08. The largest absolute Gasteiger partial charge is 0.374 e. The standard InChI is InChI=1S/C10H8Cl2N4OS/c11-6-2-1-5(3-7(6)12)4-8(17)14-10-16-15-9(13)18-10/h1-3H,4H2,(H2,13,15)(H,14,16,17). The van der Waals surface area contributed by atoms with Crippen molar-refractivity contribution in [2.75, 3.05) is 11.1 Å². The van der Waals surface area contributed by atoms with Gasteiger partial charge in [-0.25, -0.2) is 0 Å². The summed E-state index contributed by atoms with van der Waals surface area (Å²) in [5.41, 5.74) is 6.17. The van der Waals surface area contributed by atoms with Crippen LogP contribution in [0.15, 0.2) is 18.2 Å². The average Bonchev–Trinajstić information content (AvgIpc) is 2.69. The molecule has 8 heteroatoms. The maximum absolute atomic E-state index is 11.7. The van der Waals surface area contributed by atoms with Gasteiger partial charge in [-0.3, -0.25) is 4.79 Å². The minimum Gasteiger partial charge on any atom is -0.374 e. The Morgan fingerprint density at radius 1 is 1.33 bits per heavy atom. The molecular formula is C10H8Cl2N4OS. The first-order chi connectivity index (χ1) is 8.54. The van der Waals surface area contributed by atoms with Crippen molar-refractivity contribution < 1.29 is 4.79 Å². The van der Waals surface area contributed by atoms with E-state index in [4.69, 9.17) is 28.9 Å². The number of rotatable bonds is 3. The van der Waals surface area contributed by atoms with Crippen molar-refractivity contribution in [3.63, 3.8) is 0 Å². The number of amides is 1. The molecule has 0 aliphatic carbocycles. The van der Waals surface area contributed by atoms with Gasteiger partial charge in [0.2, 0.25) is 16.2 Å². The second-order valence-electron chi connectivity index (χ2n) is 3.42. The first kappa shape index (κ1) is 13.1. The maximum atomic E-state index is 11.7. The molecule has 2 aromatic rings. The molecule has 18 heavy (non-hydrogen) atoms. The number of nitrogens with zero attached hydrogens (tertiary/aromatic N) is 2. The van der Waals surface area contributed by atoms with E-state index < -0.39 is 0 Å². The quantitative estimate of drug-likeness (QED) is 0.913. The summed E-state index contributed by atoms with van der Waals surface area (Å²) in [6.07, 6.45) is 0.177. The van der Waals surface area contributed by atoms with Crippen LogP contribution in [0, 0.1) is 0 Å². The van der Waals surface area contributed by atoms with E-state index in [0.29, 0.717) is 20.3 Å². The van der Waals surface area contributed by atoms with E-state index in [1.165, 1.54) is 0 Å². The molecule has 1 heterocycles. The van der Waals surface area contributed by atoms with Crippen LogP contribution < -0.4 is 11.1 Å². The first-order valence-corrected chi connectivity index (χ1v) is 6.44. The number of nitrogens with two attached hydrogens (primary N) is 1. The minimum absolute atomic E-state index is 0.177. The number of benzene rings is 1. The Hall–Kier alpha value is -1.37. The molecule has 0 bridgehead atoms. The molecule has 0 radical (unpaired) electrons. The Labute approximate surface area is 117 Å². The maximum Gasteiger partial charge on any atom is 0.230 e. The molecule has 2 rings (SSSR count). The van der Waals surface area contributed by atoms with Crippen molar-refractivity contribution in [2.24, 2.45) is 0 Å². The lowest BCUT2D eigenvalue weighted by Crippen LogP contribution is -2.14. The van der Waals surface area contributed by atoms with Gasteiger partial charge in [0.25, 0.3) is 0 Å². The molecule has 0 saturated carbocycles. The lowest BCUT2D eigenvalue weighted by atomic mass is 10.1. The molecule has 0 spiro atoms. The predicted octanol–water partition coefficient (Wildman–Crippen LogP) is 2.61. The Kier molecular flexibility index (Phi) is 4.00. The van der Waals surface area contributed by atoms with Crippen LogP contribution in [0.3, 0.4) is 0 Å². The summed E-state index contributed by atoms with van der Waals surface area (Å²) in [6, 6.07) is 5.04. The number of halogens is 2. The Bertz CT molecular complexity index is 587. The summed E-state index contributed by atoms with van der Waals surface area (Å²) >= 11 is 12.8. The molecular weight excluding hydrogens is 295 g/mol. The first-order valence-electron chi connectivity index (χ1n) is 4.87. The lowest BCUT2D eigenvalue weighted by molar-refractivity contribution is -0.115. The summed E-state index contributed by atoms with van der Waals surface area (Å²) in [6.45, 7) is 0. The zero-order valence-corrected chi connectivity index (χ0v) is 11.3. The monoisotopic (exact) mass is 302 g/mol. The predicted molar refractivity (Wildman–Crippen MR) is 73.1 cm³/mol. The van der Waals surface area contributed by atoms with Gasteiger partial charge in [0.05, 0.1) is 16.5 Å². The van der Waals surface area contributed by atoms with Gasteiger partial charge in [-0.1, -0.05) is 40.6 Å². The third-order valence-corrected chi connectivity index (χ3v) is 3.44. The smallest absolute Gasteiger partial charge is 0.230 e. The second-order valence-corrected chi connectivity index (χ2v) is 5.24. The number of hydrogen-bond donors (Lipinski definition) is 2. The molecule has 5 nitrogen and oxygen atoms in total. The Balaban J connectivity index is 2.00. The number of carbonyl (C=O) groups excluding carboxylic acids is 1. The van der Waals surface area contributed by atoms with E-state index in [2.05, 4.69) is 15.5 Å². The fourth-order valence-corrected chi connectivity index (χ4v) is 2.13. The van der Waals surface area contributed by atoms with Crippen LogP contribution in [0.2, 0.25) is 10.0 Å². The van der Waals surface area contributed by atoms with Gasteiger partial charge in [-0.2, -0.15) is 0 Å². The highest BCUT2D eigenvalue weighted by Crippen LogP contribution is 2.23. The van der Waals surface area contributed by atoms with E-state index in [1.807, 2.05) is 0 Å². The fourth-order valence-electron chi connectivity index (χ4n) is 1.28. The number of hydrogen-bond acceptors (Lipinski definition) is 5. The van der Waals surface area contributed by atoms with Crippen LogP contribution in [-0.4, -0.2) is 16.1 Å². The molecule has 0 saturated heterocycles. The van der Waals surface area contributed by atoms with Crippen molar-refractivity contribution in [3.8, 4) is 0 Å². The van der Waals surface area contributed by atoms with Crippen LogP contribution in [0.25, 0.3) is 0 Å². The van der Waals surface area contributed by atoms with E-state index >= 15 is 0 Å². The van der Waals surface area contributed by atoms with E-state index in [9.17, 15) is 4.79 Å². The van der Waals surface area contributed by atoms with Gasteiger partial charge in [0, 0.05) is 0 Å². The van der Waals surface area contributed by atoms with Gasteiger partial charge < -0.3 is 11.1 Å². The van der Waals surface area contributed by atoms with E-state index in [-0.39, 0.29) is 12.3 Å². The van der Waals surface area contributed by atoms with Crippen LogP contribution in [-0.2, 0) is 11.2 Å². The van der Waals surface area contributed by atoms with Crippen molar-refractivity contribution in [1.82, 2.24) is 10.2 Å². The topological polar surface area (TPSA) is 80.9 Å². The molecule has 0 atom stereocenters. The van der Waals surface area contributed by atoms with E-state index in [1.54, 1.807) is 18.2 Å². The summed E-state index contributed by atoms with van der Waals surface area (Å²) in [5, 5.41) is 11.4. The third-order valence-electron chi connectivity index (χ3n) is 2.04. The van der Waals surface area contributed by atoms with Gasteiger partial charge >= 0.3 is 0 Å². The molecule has 1 amide bonds. The highest BCUT2D eigenvalue weighted by atomic mass is 35.5. The molecule has 0 unspecified atom stereocenters. The Morgan fingerprint density at radius 3 is 2.72 bits per heavy atom. The lowest BCUT2D eigenvalue weighted by Gasteiger charge is -2.03. The third kappa shape index (κ3) is 3.32. The van der Waals surface area contributed by atoms with Crippen LogP contribution in [0.1, 0.15) is 5.56 Å². The number of nitrogen functional groups attached to an aromatic ring is 1. The van der Waals surface area contributed by atoms with Crippen molar-refractivity contribution in [1.29, 1.82) is 0 Å². The Morgan fingerprint density at radius 2 is 2.11 bits per heavy atom. The van der Waals surface area contributed by atoms with Gasteiger partial charge in [0.1, 0.15) is 0 Å². The summed E-state index contributed by atoms with van der Waals surface area (Å²) in [4.78, 5) is 11.7. The van der Waals surface area contributed by atoms with Gasteiger partial charge in [0.15, 0.2) is 0 Å². The van der Waals surface area contributed by atoms with Crippen LogP contribution in [0.5, 0.6) is 0 Å². The summed E-state index contributed by atoms with van der Waals surface area (Å²) in [5.74, 6) is -0.218. The van der Waals surface area contributed by atoms with Crippen molar-refractivity contribution in [3.05, 3.63) is 33.8 Å². The number of nitrogens with one attached hydrogen (secondary N) is 1. The molecule has 0 aliphatic heterocycles. The minimum atomic E-state index is -0.218. The van der Waals surface area contributed by atoms with E-state index in [0.717, 1.165) is 16.9 Å². The zero-order chi connectivity index (χ0) is 13.1. The van der Waals surface area contributed by atoms with Gasteiger partial charge in [-0.05, 0) is 17.7 Å². The highest BCUT2D eigenvalue weighted by molar-refractivity contribution is 7.18. The molecule has 1 aromatic carbocycles. The number of aromatic nitrogens is 2. The number of carbonyl (C=O) groups is 1. The fraction of sp³-hybridized carbons (Fsp3) is 0.100. The second kappa shape index (κ2) is 5.51. The molecule has 3 N–H and O–H groups in total. The molecule has 0 fully saturated rings. The summed E-state index contributed by atoms with van der Waals surface area (Å²) in [7, 11) is 0. The molecule has 1 aromatic heterocycles. The zero-order valence-electron chi connectivity index (χ0n) is 8.98. The molecule has 0 aliphatic rings. The normalized spacial score (nSPS) is 10.3. The SMILES string of the molecule is Nc1nnc(NC(=O)Cc2ccc(Cl)c(Cl)c2)s1. The number of anilines is 2. The van der Waals surface area contributed by atoms with Crippen molar-refractivity contribution >= 4 is 50.7 Å². The van der Waals surface area contributed by atoms with Gasteiger partial charge in [-0.15, -0.1) is 10.2 Å². The molecule has 94 valence electrons. The van der Waals surface area contributed by atoms with Crippen LogP contribution >= 0.6 is 34.5 Å².